The summed E-state index contributed by atoms with van der Waals surface area (Å²) in [6.07, 6.45) is 1.53. The summed E-state index contributed by atoms with van der Waals surface area (Å²) in [5.74, 6) is -0.235. The van der Waals surface area contributed by atoms with Crippen molar-refractivity contribution in [1.29, 1.82) is 0 Å². The second kappa shape index (κ2) is 8.34. The molecule has 0 bridgehead atoms. The maximum absolute atomic E-state index is 12.7. The van der Waals surface area contributed by atoms with Gasteiger partial charge in [0.15, 0.2) is 11.5 Å². The van der Waals surface area contributed by atoms with E-state index in [0.717, 1.165) is 16.7 Å². The van der Waals surface area contributed by atoms with Crippen LogP contribution in [0.2, 0.25) is 10.0 Å². The van der Waals surface area contributed by atoms with Crippen LogP contribution in [0.5, 0.6) is 17.2 Å². The van der Waals surface area contributed by atoms with Gasteiger partial charge in [-0.05, 0) is 47.7 Å². The van der Waals surface area contributed by atoms with Gasteiger partial charge in [0.1, 0.15) is 0 Å². The van der Waals surface area contributed by atoms with Crippen LogP contribution in [0.3, 0.4) is 0 Å². The van der Waals surface area contributed by atoms with Crippen LogP contribution in [-0.2, 0) is 11.3 Å². The minimum atomic E-state index is -0.461. The van der Waals surface area contributed by atoms with Gasteiger partial charge in [-0.3, -0.25) is 14.5 Å². The molecule has 2 amide bonds. The first-order valence-electron chi connectivity index (χ1n) is 7.99. The van der Waals surface area contributed by atoms with E-state index in [4.69, 9.17) is 32.7 Å². The molecule has 3 rings (SSSR count). The lowest BCUT2D eigenvalue weighted by Gasteiger charge is -2.14. The van der Waals surface area contributed by atoms with Crippen molar-refractivity contribution in [1.82, 2.24) is 4.90 Å². The van der Waals surface area contributed by atoms with Gasteiger partial charge >= 0.3 is 0 Å². The molecule has 0 aromatic heterocycles. The Balaban J connectivity index is 1.91. The molecular weight excluding hydrogens is 425 g/mol. The standard InChI is InChI=1S/C19H15Cl2NO5S/c1-26-14-6-10(7-15(27-2)17(14)23)8-16-18(24)22(19(25)28-16)9-11-12(20)4-3-5-13(11)21/h3-8,23H,9H2,1-2H3/b16-8+. The lowest BCUT2D eigenvalue weighted by atomic mass is 10.1. The van der Waals surface area contributed by atoms with Crippen molar-refractivity contribution < 1.29 is 24.2 Å². The molecule has 9 heteroatoms. The van der Waals surface area contributed by atoms with E-state index in [0.29, 0.717) is 21.2 Å². The summed E-state index contributed by atoms with van der Waals surface area (Å²) >= 11 is 13.1. The van der Waals surface area contributed by atoms with Crippen LogP contribution >= 0.6 is 35.0 Å². The Labute approximate surface area is 175 Å². The molecule has 1 aliphatic heterocycles. The highest BCUT2D eigenvalue weighted by molar-refractivity contribution is 8.18. The van der Waals surface area contributed by atoms with Crippen molar-refractivity contribution in [3.05, 3.63) is 56.4 Å². The molecule has 0 spiro atoms. The average Bonchev–Trinajstić information content (AvgIpc) is 2.92. The number of nitrogens with zero attached hydrogens (tertiary/aromatic N) is 1. The van der Waals surface area contributed by atoms with Crippen LogP contribution < -0.4 is 9.47 Å². The van der Waals surface area contributed by atoms with Crippen molar-refractivity contribution in [2.75, 3.05) is 14.2 Å². The minimum Gasteiger partial charge on any atom is -0.502 e. The molecule has 146 valence electrons. The van der Waals surface area contributed by atoms with E-state index in [2.05, 4.69) is 0 Å². The Hall–Kier alpha value is -2.35. The van der Waals surface area contributed by atoms with Gasteiger partial charge in [0.25, 0.3) is 11.1 Å². The molecule has 6 nitrogen and oxygen atoms in total. The SMILES string of the molecule is COc1cc(/C=C2/SC(=O)N(Cc3c(Cl)cccc3Cl)C2=O)cc(OC)c1O. The molecule has 0 unspecified atom stereocenters. The van der Waals surface area contributed by atoms with Crippen molar-refractivity contribution in [3.8, 4) is 17.2 Å². The van der Waals surface area contributed by atoms with Crippen molar-refractivity contribution >= 4 is 52.2 Å². The first-order chi connectivity index (χ1) is 13.3. The number of imide groups is 1. The first-order valence-corrected chi connectivity index (χ1v) is 9.56. The predicted molar refractivity (Wildman–Crippen MR) is 109 cm³/mol. The number of carbonyl (C=O) groups excluding carboxylic acids is 2. The molecule has 2 aromatic rings. The summed E-state index contributed by atoms with van der Waals surface area (Å²) in [5.41, 5.74) is 1.04. The normalized spacial score (nSPS) is 15.4. The molecule has 0 radical (unpaired) electrons. The molecular formula is C19H15Cl2NO5S. The zero-order valence-corrected chi connectivity index (χ0v) is 17.2. The topological polar surface area (TPSA) is 76.1 Å². The monoisotopic (exact) mass is 439 g/mol. The summed E-state index contributed by atoms with van der Waals surface area (Å²) in [4.78, 5) is 26.4. The number of phenolic OH excluding ortho intramolecular Hbond substituents is 1. The number of amides is 2. The van der Waals surface area contributed by atoms with Crippen molar-refractivity contribution in [3.63, 3.8) is 0 Å². The van der Waals surface area contributed by atoms with Gasteiger partial charge in [-0.15, -0.1) is 0 Å². The number of methoxy groups -OCH3 is 2. The van der Waals surface area contributed by atoms with Gasteiger partial charge in [-0.25, -0.2) is 0 Å². The minimum absolute atomic E-state index is 0.0251. The number of thioether (sulfide) groups is 1. The summed E-state index contributed by atoms with van der Waals surface area (Å²) in [5, 5.41) is 10.3. The van der Waals surface area contributed by atoms with E-state index in [9.17, 15) is 14.7 Å². The fourth-order valence-corrected chi connectivity index (χ4v) is 3.98. The Kier molecular flexibility index (Phi) is 6.07. The Morgan fingerprint density at radius 3 is 2.21 bits per heavy atom. The second-order valence-electron chi connectivity index (χ2n) is 5.74. The maximum atomic E-state index is 12.7. The molecule has 0 aliphatic carbocycles. The Morgan fingerprint density at radius 1 is 1.11 bits per heavy atom. The lowest BCUT2D eigenvalue weighted by Crippen LogP contribution is -2.27. The third-order valence-electron chi connectivity index (χ3n) is 4.05. The maximum Gasteiger partial charge on any atom is 0.293 e. The van der Waals surface area contributed by atoms with Gasteiger partial charge in [-0.2, -0.15) is 0 Å². The second-order valence-corrected chi connectivity index (χ2v) is 7.55. The summed E-state index contributed by atoms with van der Waals surface area (Å²) < 4.78 is 10.2. The van der Waals surface area contributed by atoms with Gasteiger partial charge < -0.3 is 14.6 Å². The Morgan fingerprint density at radius 2 is 1.68 bits per heavy atom. The average molecular weight is 440 g/mol. The van der Waals surface area contributed by atoms with Gasteiger partial charge in [-0.1, -0.05) is 29.3 Å². The number of phenols is 1. The molecule has 28 heavy (non-hydrogen) atoms. The molecule has 1 heterocycles. The van der Waals surface area contributed by atoms with E-state index in [1.807, 2.05) is 0 Å². The molecule has 2 aromatic carbocycles. The zero-order valence-electron chi connectivity index (χ0n) is 14.9. The van der Waals surface area contributed by atoms with Crippen LogP contribution in [0.4, 0.5) is 4.79 Å². The summed E-state index contributed by atoms with van der Waals surface area (Å²) in [7, 11) is 2.80. The van der Waals surface area contributed by atoms with Crippen LogP contribution in [0.25, 0.3) is 6.08 Å². The van der Waals surface area contributed by atoms with Gasteiger partial charge in [0, 0.05) is 15.6 Å². The summed E-state index contributed by atoms with van der Waals surface area (Å²) in [6.45, 7) is -0.0251. The number of hydrogen-bond donors (Lipinski definition) is 1. The third-order valence-corrected chi connectivity index (χ3v) is 5.67. The van der Waals surface area contributed by atoms with Crippen molar-refractivity contribution in [2.24, 2.45) is 0 Å². The molecule has 0 saturated carbocycles. The van der Waals surface area contributed by atoms with E-state index in [1.54, 1.807) is 18.2 Å². The van der Waals surface area contributed by atoms with Gasteiger partial charge in [0.05, 0.1) is 25.7 Å². The van der Waals surface area contributed by atoms with Crippen LogP contribution in [0.15, 0.2) is 35.2 Å². The number of aromatic hydroxyl groups is 1. The highest BCUT2D eigenvalue weighted by Gasteiger charge is 2.35. The van der Waals surface area contributed by atoms with E-state index in [1.165, 1.54) is 32.4 Å². The number of halogens is 2. The fraction of sp³-hybridized carbons (Fsp3) is 0.158. The number of carbonyl (C=O) groups is 2. The molecule has 1 fully saturated rings. The molecule has 1 saturated heterocycles. The quantitative estimate of drug-likeness (QED) is 0.663. The van der Waals surface area contributed by atoms with Crippen LogP contribution in [0.1, 0.15) is 11.1 Å². The van der Waals surface area contributed by atoms with Crippen molar-refractivity contribution in [2.45, 2.75) is 6.54 Å². The van der Waals surface area contributed by atoms with Gasteiger partial charge in [0.2, 0.25) is 5.75 Å². The number of rotatable bonds is 5. The highest BCUT2D eigenvalue weighted by atomic mass is 35.5. The number of hydrogen-bond acceptors (Lipinski definition) is 6. The lowest BCUT2D eigenvalue weighted by molar-refractivity contribution is -0.123. The molecule has 0 atom stereocenters. The van der Waals surface area contributed by atoms with Crippen LogP contribution in [-0.4, -0.2) is 35.4 Å². The van der Waals surface area contributed by atoms with E-state index >= 15 is 0 Å². The largest absolute Gasteiger partial charge is 0.502 e. The predicted octanol–water partition coefficient (Wildman–Crippen LogP) is 4.95. The van der Waals surface area contributed by atoms with E-state index in [-0.39, 0.29) is 28.7 Å². The van der Waals surface area contributed by atoms with E-state index < -0.39 is 11.1 Å². The molecule has 1 N–H and O–H groups in total. The third kappa shape index (κ3) is 3.92. The number of ether oxygens (including phenoxy) is 2. The Bertz CT molecular complexity index is 947. The fourth-order valence-electron chi connectivity index (χ4n) is 2.63. The smallest absolute Gasteiger partial charge is 0.293 e. The summed E-state index contributed by atoms with van der Waals surface area (Å²) in [6, 6.07) is 8.06. The number of benzene rings is 2. The van der Waals surface area contributed by atoms with Crippen LogP contribution in [0, 0.1) is 0 Å². The molecule has 1 aliphatic rings. The first kappa shape index (κ1) is 20.4. The zero-order chi connectivity index (χ0) is 20.4. The highest BCUT2D eigenvalue weighted by Crippen LogP contribution is 2.40.